The van der Waals surface area contributed by atoms with Gasteiger partial charge in [0, 0.05) is 0 Å². The summed E-state index contributed by atoms with van der Waals surface area (Å²) in [4.78, 5) is 26.9. The smallest absolute Gasteiger partial charge is 0.335 e. The van der Waals surface area contributed by atoms with Gasteiger partial charge in [-0.25, -0.2) is 15.2 Å². The molecule has 8 heteroatoms. The summed E-state index contributed by atoms with van der Waals surface area (Å²) >= 11 is 1.09. The first-order valence-corrected chi connectivity index (χ1v) is 6.68. The van der Waals surface area contributed by atoms with Gasteiger partial charge < -0.3 is 10.8 Å². The number of aromatic nitrogens is 1. The largest absolute Gasteiger partial charge is 0.478 e. The predicted molar refractivity (Wildman–Crippen MR) is 79.7 cm³/mol. The highest BCUT2D eigenvalue weighted by atomic mass is 32.1. The maximum Gasteiger partial charge on any atom is 0.335 e. The minimum Gasteiger partial charge on any atom is -0.478 e. The third-order valence-electron chi connectivity index (χ3n) is 2.56. The van der Waals surface area contributed by atoms with E-state index in [2.05, 4.69) is 15.5 Å². The number of aromatic carboxylic acids is 1. The van der Waals surface area contributed by atoms with Crippen LogP contribution in [0.5, 0.6) is 0 Å². The van der Waals surface area contributed by atoms with Crippen LogP contribution in [0.3, 0.4) is 0 Å². The number of hydrogen-bond donors (Lipinski definition) is 3. The van der Waals surface area contributed by atoms with E-state index < -0.39 is 5.97 Å². The Kier molecular flexibility index (Phi) is 4.29. The van der Waals surface area contributed by atoms with E-state index in [0.29, 0.717) is 21.3 Å². The molecule has 21 heavy (non-hydrogen) atoms. The first-order valence-electron chi connectivity index (χ1n) is 5.87. The van der Waals surface area contributed by atoms with Gasteiger partial charge in [0.25, 0.3) is 5.91 Å². The first kappa shape index (κ1) is 14.7. The van der Waals surface area contributed by atoms with Crippen molar-refractivity contribution in [3.63, 3.8) is 0 Å². The SMILES string of the molecule is Cc1nc(N)sc1C(=O)N/N=C\c1ccc(C(=O)O)cc1. The molecule has 0 unspecified atom stereocenters. The lowest BCUT2D eigenvalue weighted by Crippen LogP contribution is -2.17. The minimum atomic E-state index is -0.995. The van der Waals surface area contributed by atoms with Crippen LogP contribution in [-0.4, -0.2) is 28.2 Å². The van der Waals surface area contributed by atoms with Crippen molar-refractivity contribution in [1.82, 2.24) is 10.4 Å². The molecule has 1 aromatic heterocycles. The molecule has 7 nitrogen and oxygen atoms in total. The van der Waals surface area contributed by atoms with Crippen LogP contribution in [0.15, 0.2) is 29.4 Å². The van der Waals surface area contributed by atoms with Gasteiger partial charge in [-0.05, 0) is 24.6 Å². The Morgan fingerprint density at radius 3 is 2.57 bits per heavy atom. The Bertz CT molecular complexity index is 707. The summed E-state index contributed by atoms with van der Waals surface area (Å²) in [6.45, 7) is 1.69. The number of nitrogens with two attached hydrogens (primary N) is 1. The second-order valence-corrected chi connectivity index (χ2v) is 5.12. The number of carboxylic acid groups (broad SMARTS) is 1. The van der Waals surface area contributed by atoms with Gasteiger partial charge in [-0.2, -0.15) is 5.10 Å². The zero-order valence-corrected chi connectivity index (χ0v) is 11.8. The van der Waals surface area contributed by atoms with E-state index in [1.165, 1.54) is 18.3 Å². The Balaban J connectivity index is 2.00. The summed E-state index contributed by atoms with van der Waals surface area (Å²) in [7, 11) is 0. The zero-order chi connectivity index (χ0) is 15.4. The summed E-state index contributed by atoms with van der Waals surface area (Å²) in [5.74, 6) is -1.38. The molecule has 2 rings (SSSR count). The molecule has 0 aliphatic heterocycles. The molecule has 108 valence electrons. The molecule has 0 bridgehead atoms. The molecule has 0 aliphatic carbocycles. The minimum absolute atomic E-state index is 0.187. The molecule has 1 heterocycles. The summed E-state index contributed by atoms with van der Waals surface area (Å²) < 4.78 is 0. The number of amides is 1. The van der Waals surface area contributed by atoms with E-state index in [9.17, 15) is 9.59 Å². The van der Waals surface area contributed by atoms with Crippen molar-refractivity contribution in [2.45, 2.75) is 6.92 Å². The molecule has 0 saturated heterocycles. The molecular formula is C13H12N4O3S. The van der Waals surface area contributed by atoms with E-state index in [-0.39, 0.29) is 11.5 Å². The van der Waals surface area contributed by atoms with Crippen LogP contribution >= 0.6 is 11.3 Å². The van der Waals surface area contributed by atoms with E-state index in [0.717, 1.165) is 11.3 Å². The molecule has 0 atom stereocenters. The Morgan fingerprint density at radius 2 is 2.05 bits per heavy atom. The van der Waals surface area contributed by atoms with Crippen molar-refractivity contribution >= 4 is 34.6 Å². The number of rotatable bonds is 4. The van der Waals surface area contributed by atoms with Crippen molar-refractivity contribution in [1.29, 1.82) is 0 Å². The lowest BCUT2D eigenvalue weighted by Gasteiger charge is -1.98. The van der Waals surface area contributed by atoms with E-state index >= 15 is 0 Å². The van der Waals surface area contributed by atoms with Gasteiger partial charge in [-0.3, -0.25) is 4.79 Å². The number of carbonyl (C=O) groups is 2. The molecule has 0 spiro atoms. The second kappa shape index (κ2) is 6.14. The highest BCUT2D eigenvalue weighted by molar-refractivity contribution is 7.17. The van der Waals surface area contributed by atoms with E-state index in [1.54, 1.807) is 19.1 Å². The van der Waals surface area contributed by atoms with Gasteiger partial charge in [0.15, 0.2) is 5.13 Å². The van der Waals surface area contributed by atoms with Gasteiger partial charge in [-0.1, -0.05) is 23.5 Å². The van der Waals surface area contributed by atoms with Crippen LogP contribution in [0.2, 0.25) is 0 Å². The average Bonchev–Trinajstić information content (AvgIpc) is 2.78. The number of nitrogen functional groups attached to an aromatic ring is 1. The maximum absolute atomic E-state index is 11.8. The Hall–Kier alpha value is -2.74. The van der Waals surface area contributed by atoms with Gasteiger partial charge in [0.2, 0.25) is 0 Å². The number of carbonyl (C=O) groups excluding carboxylic acids is 1. The number of nitrogens with one attached hydrogen (secondary N) is 1. The fourth-order valence-electron chi connectivity index (χ4n) is 1.56. The number of thiazole rings is 1. The van der Waals surface area contributed by atoms with Crippen molar-refractivity contribution in [3.8, 4) is 0 Å². The van der Waals surface area contributed by atoms with Crippen molar-refractivity contribution in [3.05, 3.63) is 46.0 Å². The molecule has 0 radical (unpaired) electrons. The summed E-state index contributed by atoms with van der Waals surface area (Å²) in [5, 5.41) is 12.9. The Morgan fingerprint density at radius 1 is 1.38 bits per heavy atom. The van der Waals surface area contributed by atoms with Gasteiger partial charge in [0.1, 0.15) is 4.88 Å². The number of aryl methyl sites for hydroxylation is 1. The van der Waals surface area contributed by atoms with Crippen molar-refractivity contribution in [2.24, 2.45) is 5.10 Å². The molecule has 0 aliphatic rings. The molecule has 0 saturated carbocycles. The van der Waals surface area contributed by atoms with Crippen molar-refractivity contribution in [2.75, 3.05) is 5.73 Å². The zero-order valence-electron chi connectivity index (χ0n) is 11.0. The quantitative estimate of drug-likeness (QED) is 0.584. The van der Waals surface area contributed by atoms with Crippen LogP contribution in [0, 0.1) is 6.92 Å². The maximum atomic E-state index is 11.8. The highest BCUT2D eigenvalue weighted by Gasteiger charge is 2.13. The number of hydrazone groups is 1. The highest BCUT2D eigenvalue weighted by Crippen LogP contribution is 2.19. The first-order chi connectivity index (χ1) is 9.97. The van der Waals surface area contributed by atoms with Crippen molar-refractivity contribution < 1.29 is 14.7 Å². The number of nitrogens with zero attached hydrogens (tertiary/aromatic N) is 2. The molecule has 0 fully saturated rings. The normalized spacial score (nSPS) is 10.7. The fraction of sp³-hybridized carbons (Fsp3) is 0.0769. The van der Waals surface area contributed by atoms with E-state index in [1.807, 2.05) is 0 Å². The third kappa shape index (κ3) is 3.63. The summed E-state index contributed by atoms with van der Waals surface area (Å²) in [6, 6.07) is 6.10. The van der Waals surface area contributed by atoms with Crippen LogP contribution in [0.25, 0.3) is 0 Å². The molecule has 1 amide bonds. The lowest BCUT2D eigenvalue weighted by molar-refractivity contribution is 0.0696. The van der Waals surface area contributed by atoms with Crippen LogP contribution in [0.1, 0.15) is 31.3 Å². The summed E-state index contributed by atoms with van der Waals surface area (Å²) in [6.07, 6.45) is 1.42. The van der Waals surface area contributed by atoms with Crippen LogP contribution in [0.4, 0.5) is 5.13 Å². The monoisotopic (exact) mass is 304 g/mol. The Labute approximate surface area is 124 Å². The molecule has 4 N–H and O–H groups in total. The second-order valence-electron chi connectivity index (χ2n) is 4.09. The van der Waals surface area contributed by atoms with E-state index in [4.69, 9.17) is 10.8 Å². The van der Waals surface area contributed by atoms with Gasteiger partial charge >= 0.3 is 5.97 Å². The van der Waals surface area contributed by atoms with Gasteiger partial charge in [-0.15, -0.1) is 0 Å². The molecule has 1 aromatic carbocycles. The number of carboxylic acids is 1. The number of anilines is 1. The standard InChI is InChI=1S/C13H12N4O3S/c1-7-10(21-13(14)16-7)11(18)17-15-6-8-2-4-9(5-3-8)12(19)20/h2-6H,1H3,(H2,14,16)(H,17,18)(H,19,20)/b15-6-. The number of benzene rings is 1. The van der Waals surface area contributed by atoms with Gasteiger partial charge in [0.05, 0.1) is 17.5 Å². The average molecular weight is 304 g/mol. The topological polar surface area (TPSA) is 118 Å². The molecule has 2 aromatic rings. The summed E-state index contributed by atoms with van der Waals surface area (Å²) in [5.41, 5.74) is 9.29. The number of hydrogen-bond acceptors (Lipinski definition) is 6. The lowest BCUT2D eigenvalue weighted by atomic mass is 10.1. The predicted octanol–water partition coefficient (Wildman–Crippen LogP) is 1.50. The molecular weight excluding hydrogens is 292 g/mol. The fourth-order valence-corrected chi connectivity index (χ4v) is 2.28. The van der Waals surface area contributed by atoms with Crippen LogP contribution < -0.4 is 11.2 Å². The van der Waals surface area contributed by atoms with Crippen LogP contribution in [-0.2, 0) is 0 Å². The third-order valence-corrected chi connectivity index (χ3v) is 3.54.